The van der Waals surface area contributed by atoms with E-state index in [9.17, 15) is 21.9 Å². The fraction of sp³-hybridized carbons (Fsp3) is 0.300. The zero-order chi connectivity index (χ0) is 14.2. The Kier molecular flexibility index (Phi) is 3.23. The molecule has 0 bridgehead atoms. The molecule has 7 nitrogen and oxygen atoms in total. The highest BCUT2D eigenvalue weighted by Crippen LogP contribution is 2.27. The number of rotatable bonds is 3. The molecule has 0 spiro atoms. The maximum absolute atomic E-state index is 12.9. The van der Waals surface area contributed by atoms with E-state index >= 15 is 0 Å². The number of pyridine rings is 1. The number of carboxylic acid groups (broad SMARTS) is 1. The Morgan fingerprint density at radius 2 is 2.21 bits per heavy atom. The van der Waals surface area contributed by atoms with Crippen LogP contribution in [0.15, 0.2) is 18.5 Å². The van der Waals surface area contributed by atoms with E-state index in [1.165, 1.54) is 12.3 Å². The molecule has 0 aromatic carbocycles. The van der Waals surface area contributed by atoms with E-state index in [0.717, 1.165) is 11.1 Å². The van der Waals surface area contributed by atoms with Crippen LogP contribution in [0.5, 0.6) is 0 Å². The molecule has 1 aliphatic rings. The minimum absolute atomic E-state index is 0.0360. The molecule has 1 aromatic heterocycles. The highest BCUT2D eigenvalue weighted by molar-refractivity contribution is 7.87. The van der Waals surface area contributed by atoms with E-state index in [1.807, 2.05) is 0 Å². The van der Waals surface area contributed by atoms with Crippen LogP contribution in [0, 0.1) is 0 Å². The Balaban J connectivity index is 2.39. The van der Waals surface area contributed by atoms with Crippen LogP contribution in [-0.4, -0.2) is 42.2 Å². The fourth-order valence-corrected chi connectivity index (χ4v) is 2.55. The lowest BCUT2D eigenvalue weighted by molar-refractivity contribution is -0.117. The van der Waals surface area contributed by atoms with Gasteiger partial charge in [-0.2, -0.15) is 8.42 Å². The predicted molar refractivity (Wildman–Crippen MR) is 62.0 cm³/mol. The van der Waals surface area contributed by atoms with Crippen LogP contribution in [0.3, 0.4) is 0 Å². The van der Waals surface area contributed by atoms with E-state index in [0.29, 0.717) is 0 Å². The summed E-state index contributed by atoms with van der Waals surface area (Å²) in [6.07, 6.45) is 1.86. The molecule has 1 atom stereocenters. The summed E-state index contributed by atoms with van der Waals surface area (Å²) in [6, 6.07) is 1.18. The van der Waals surface area contributed by atoms with E-state index < -0.39 is 40.3 Å². The zero-order valence-electron chi connectivity index (χ0n) is 9.48. The Labute approximate surface area is 107 Å². The summed E-state index contributed by atoms with van der Waals surface area (Å²) in [5.74, 6) is -1.93. The van der Waals surface area contributed by atoms with Crippen molar-refractivity contribution in [2.45, 2.75) is 11.7 Å². The maximum atomic E-state index is 12.9. The van der Waals surface area contributed by atoms with Gasteiger partial charge in [0.1, 0.15) is 5.25 Å². The number of amides is 1. The predicted octanol–water partition coefficient (Wildman–Crippen LogP) is 0.184. The van der Waals surface area contributed by atoms with Crippen LogP contribution >= 0.6 is 0 Å². The zero-order valence-corrected chi connectivity index (χ0v) is 10.3. The molecule has 1 aliphatic heterocycles. The molecule has 1 aromatic rings. The summed E-state index contributed by atoms with van der Waals surface area (Å²) < 4.78 is 34.5. The molecule has 1 N–H and O–H groups in total. The van der Waals surface area contributed by atoms with Crippen LogP contribution in [0.1, 0.15) is 16.8 Å². The lowest BCUT2D eigenvalue weighted by Gasteiger charge is -2.17. The first-order valence-electron chi connectivity index (χ1n) is 5.22. The van der Waals surface area contributed by atoms with Crippen LogP contribution in [0.25, 0.3) is 0 Å². The van der Waals surface area contributed by atoms with Crippen molar-refractivity contribution in [1.82, 2.24) is 4.98 Å². The molecule has 19 heavy (non-hydrogen) atoms. The molecule has 1 saturated heterocycles. The Morgan fingerprint density at radius 1 is 1.53 bits per heavy atom. The Hall–Kier alpha value is -2.03. The van der Waals surface area contributed by atoms with Gasteiger partial charge in [0, 0.05) is 19.2 Å². The Morgan fingerprint density at radius 3 is 2.74 bits per heavy atom. The van der Waals surface area contributed by atoms with Crippen molar-refractivity contribution in [2.24, 2.45) is 0 Å². The molecular weight excluding hydrogens is 279 g/mol. The van der Waals surface area contributed by atoms with Crippen LogP contribution in [0.2, 0.25) is 0 Å². The number of carbonyl (C=O) groups excluding carboxylic acids is 1. The number of aromatic nitrogens is 1. The molecule has 0 saturated carbocycles. The van der Waals surface area contributed by atoms with E-state index in [-0.39, 0.29) is 11.3 Å². The fourth-order valence-electron chi connectivity index (χ4n) is 1.88. The smallest absolute Gasteiger partial charge is 0.337 e. The normalized spacial score (nSPS) is 19.7. The van der Waals surface area contributed by atoms with Crippen molar-refractivity contribution >= 4 is 27.8 Å². The molecule has 0 radical (unpaired) electrons. The minimum atomic E-state index is -4.84. The minimum Gasteiger partial charge on any atom is -0.478 e. The van der Waals surface area contributed by atoms with Crippen molar-refractivity contribution in [2.75, 3.05) is 11.4 Å². The van der Waals surface area contributed by atoms with Crippen LogP contribution < -0.4 is 4.90 Å². The van der Waals surface area contributed by atoms with Gasteiger partial charge in [-0.25, -0.2) is 4.79 Å². The number of halogens is 1. The highest BCUT2D eigenvalue weighted by Gasteiger charge is 2.40. The first-order valence-corrected chi connectivity index (χ1v) is 6.66. The quantitative estimate of drug-likeness (QED) is 0.796. The summed E-state index contributed by atoms with van der Waals surface area (Å²) in [6.45, 7) is -0.413. The molecular formula is C10H9FN2O5S. The van der Waals surface area contributed by atoms with Crippen LogP contribution in [-0.2, 0) is 15.0 Å². The van der Waals surface area contributed by atoms with Gasteiger partial charge in [-0.3, -0.25) is 9.78 Å². The summed E-state index contributed by atoms with van der Waals surface area (Å²) in [5, 5.41) is 7.51. The lowest BCUT2D eigenvalue weighted by atomic mass is 10.2. The second-order valence-corrected chi connectivity index (χ2v) is 5.62. The first kappa shape index (κ1) is 13.4. The van der Waals surface area contributed by atoms with Crippen molar-refractivity contribution in [3.05, 3.63) is 24.0 Å². The van der Waals surface area contributed by atoms with Gasteiger partial charge in [-0.15, -0.1) is 3.89 Å². The number of aromatic carboxylic acids is 1. The number of hydrogen-bond donors (Lipinski definition) is 1. The molecule has 102 valence electrons. The third-order valence-electron chi connectivity index (χ3n) is 2.81. The van der Waals surface area contributed by atoms with Gasteiger partial charge in [0.05, 0.1) is 17.4 Å². The van der Waals surface area contributed by atoms with Crippen molar-refractivity contribution in [3.8, 4) is 0 Å². The SMILES string of the molecule is O=C(O)c1ccncc1N1CC(S(=O)(=O)F)CC1=O. The summed E-state index contributed by atoms with van der Waals surface area (Å²) in [5.41, 5.74) is -0.230. The van der Waals surface area contributed by atoms with Gasteiger partial charge in [-0.1, -0.05) is 0 Å². The van der Waals surface area contributed by atoms with Crippen molar-refractivity contribution in [1.29, 1.82) is 0 Å². The maximum Gasteiger partial charge on any atom is 0.337 e. The highest BCUT2D eigenvalue weighted by atomic mass is 32.3. The van der Waals surface area contributed by atoms with Gasteiger partial charge in [0.15, 0.2) is 0 Å². The monoisotopic (exact) mass is 288 g/mol. The van der Waals surface area contributed by atoms with E-state index in [4.69, 9.17) is 5.11 Å². The lowest BCUT2D eigenvalue weighted by Crippen LogP contribution is -2.28. The summed E-state index contributed by atoms with van der Waals surface area (Å²) in [7, 11) is -4.84. The standard InChI is InChI=1S/C10H9FN2O5S/c11-19(17,18)6-3-9(14)13(5-6)8-4-12-2-1-7(8)10(15)16/h1-2,4,6H,3,5H2,(H,15,16). The van der Waals surface area contributed by atoms with Gasteiger partial charge in [-0.05, 0) is 6.07 Å². The van der Waals surface area contributed by atoms with E-state index in [1.54, 1.807) is 0 Å². The Bertz CT molecular complexity index is 645. The van der Waals surface area contributed by atoms with E-state index in [2.05, 4.69) is 4.98 Å². The number of anilines is 1. The molecule has 0 aliphatic carbocycles. The second-order valence-electron chi connectivity index (χ2n) is 4.00. The molecule has 1 amide bonds. The summed E-state index contributed by atoms with van der Waals surface area (Å²) in [4.78, 5) is 27.3. The van der Waals surface area contributed by atoms with Crippen molar-refractivity contribution in [3.63, 3.8) is 0 Å². The first-order chi connectivity index (χ1) is 8.80. The molecule has 9 heteroatoms. The molecule has 1 unspecified atom stereocenters. The number of carbonyl (C=O) groups is 2. The average Bonchev–Trinajstić information content (AvgIpc) is 2.71. The number of hydrogen-bond acceptors (Lipinski definition) is 5. The molecule has 2 rings (SSSR count). The van der Waals surface area contributed by atoms with Gasteiger partial charge in [0.25, 0.3) is 0 Å². The van der Waals surface area contributed by atoms with Gasteiger partial charge >= 0.3 is 16.2 Å². The van der Waals surface area contributed by atoms with Crippen molar-refractivity contribution < 1.29 is 27.0 Å². The van der Waals surface area contributed by atoms with Crippen LogP contribution in [0.4, 0.5) is 9.57 Å². The molecule has 1 fully saturated rings. The third kappa shape index (κ3) is 2.55. The average molecular weight is 288 g/mol. The third-order valence-corrected chi connectivity index (χ3v) is 3.92. The number of nitrogens with zero attached hydrogens (tertiary/aromatic N) is 2. The topological polar surface area (TPSA) is 105 Å². The summed E-state index contributed by atoms with van der Waals surface area (Å²) >= 11 is 0. The largest absolute Gasteiger partial charge is 0.478 e. The van der Waals surface area contributed by atoms with Gasteiger partial charge in [0.2, 0.25) is 5.91 Å². The number of carboxylic acids is 1. The molecule has 2 heterocycles. The second kappa shape index (κ2) is 4.57. The van der Waals surface area contributed by atoms with Gasteiger partial charge < -0.3 is 10.0 Å².